The number of hydrogen-bond acceptors (Lipinski definition) is 12. The van der Waals surface area contributed by atoms with Crippen LogP contribution in [-0.2, 0) is 59.2 Å². The van der Waals surface area contributed by atoms with Gasteiger partial charge in [0.15, 0.2) is 44.1 Å². The van der Waals surface area contributed by atoms with Gasteiger partial charge < -0.3 is 9.11 Å². The molecule has 2 rings (SSSR count). The average Bonchev–Trinajstić information content (AvgIpc) is 2.92. The molecule has 0 spiro atoms. The second kappa shape index (κ2) is 16.3. The Kier molecular flexibility index (Phi) is 15.0. The summed E-state index contributed by atoms with van der Waals surface area (Å²) in [6, 6.07) is 6.69. The molecule has 2 heterocycles. The van der Waals surface area contributed by atoms with Crippen molar-refractivity contribution in [1.29, 1.82) is 0 Å². The van der Waals surface area contributed by atoms with Gasteiger partial charge in [0.05, 0.1) is 0 Å². The van der Waals surface area contributed by atoms with Crippen LogP contribution in [-0.4, -0.2) is 87.8 Å². The molecule has 0 aliphatic heterocycles. The Bertz CT molecular complexity index is 2140. The number of carbonyl (C=O) groups is 2. The van der Waals surface area contributed by atoms with Crippen LogP contribution in [0.5, 0.6) is 0 Å². The fourth-order valence-corrected chi connectivity index (χ4v) is 3.54. The zero-order chi connectivity index (χ0) is 41.7. The first-order valence-corrected chi connectivity index (χ1v) is 17.4. The van der Waals surface area contributed by atoms with Crippen molar-refractivity contribution in [2.45, 2.75) is 22.0 Å². The summed E-state index contributed by atoms with van der Waals surface area (Å²) >= 11 is 0. The standard InChI is InChI=1S/C18H14F6N4O6S2.2CHF3O3S/c1-27-9-5-3-7-11(27)13(25-35(31,32)17(19,20)21)14(26-36(33,34)18(22,23)24)16(30)15(29)12-8-4-6-10-28(12)2;2*2-1(3,4)8(5,6)7/h3-10H,1-2H3;2*(H,5,6,7)/q+2;;/p-2. The molecule has 2 aromatic rings. The zero-order valence-electron chi connectivity index (χ0n) is 24.5. The molecule has 0 saturated carbocycles. The van der Waals surface area contributed by atoms with Crippen molar-refractivity contribution in [3.8, 4) is 0 Å². The average molecular weight is 859 g/mol. The van der Waals surface area contributed by atoms with Crippen molar-refractivity contribution in [3.63, 3.8) is 0 Å². The lowest BCUT2D eigenvalue weighted by molar-refractivity contribution is -0.673. The number of pyridine rings is 2. The van der Waals surface area contributed by atoms with Gasteiger partial charge in [-0.3, -0.25) is 9.59 Å². The summed E-state index contributed by atoms with van der Waals surface area (Å²) in [5.74, 6) is -3.89. The number of ketones is 2. The van der Waals surface area contributed by atoms with E-state index in [-0.39, 0.29) is 0 Å². The molecule has 0 unspecified atom stereocenters. The molecule has 0 radical (unpaired) electrons. The molecule has 0 saturated heterocycles. The number of halogens is 12. The first kappa shape index (κ1) is 47.9. The normalized spacial score (nSPS) is 14.0. The first-order valence-electron chi connectivity index (χ1n) is 11.7. The lowest BCUT2D eigenvalue weighted by Crippen LogP contribution is -2.45. The van der Waals surface area contributed by atoms with Crippen molar-refractivity contribution < 1.29 is 114 Å². The smallest absolute Gasteiger partial charge is 0.518 e. The Labute approximate surface area is 282 Å². The molecule has 0 N–H and O–H groups in total. The van der Waals surface area contributed by atoms with E-state index in [4.69, 9.17) is 25.9 Å². The van der Waals surface area contributed by atoms with E-state index in [1.165, 1.54) is 31.4 Å². The van der Waals surface area contributed by atoms with Crippen LogP contribution in [0.25, 0.3) is 0 Å². The fraction of sp³-hybridized carbons (Fsp3) is 0.300. The molecule has 0 atom stereocenters. The van der Waals surface area contributed by atoms with E-state index in [0.29, 0.717) is 0 Å². The zero-order valence-corrected chi connectivity index (χ0v) is 27.7. The molecule has 0 aliphatic rings. The highest BCUT2D eigenvalue weighted by atomic mass is 32.2. The Morgan fingerprint density at radius 1 is 0.558 bits per heavy atom. The van der Waals surface area contributed by atoms with Crippen molar-refractivity contribution in [1.82, 2.24) is 0 Å². The topological polar surface area (TPSA) is 249 Å². The quantitative estimate of drug-likeness (QED) is 0.0714. The SMILES string of the molecule is C[n+]1ccccc1C(=O)C(=O)C(=NS(=O)(=O)C(F)(F)F)C(=NS(=O)(=O)C(F)(F)F)c1cccc[n+]1C.O=S(=O)([O-])C(F)(F)F.O=S(=O)([O-])C(F)(F)F. The number of nitrogens with zero attached hydrogens (tertiary/aromatic N) is 4. The molecule has 0 aliphatic carbocycles. The molecular weight excluding hydrogens is 844 g/mol. The van der Waals surface area contributed by atoms with Gasteiger partial charge >= 0.3 is 42.1 Å². The van der Waals surface area contributed by atoms with Crippen LogP contribution < -0.4 is 9.13 Å². The van der Waals surface area contributed by atoms with Gasteiger partial charge in [0, 0.05) is 24.3 Å². The monoisotopic (exact) mass is 858 g/mol. The highest BCUT2D eigenvalue weighted by molar-refractivity contribution is 7.91. The summed E-state index contributed by atoms with van der Waals surface area (Å²) in [7, 11) is -23.2. The van der Waals surface area contributed by atoms with Gasteiger partial charge in [-0.05, 0) is 12.1 Å². The van der Waals surface area contributed by atoms with E-state index in [1.54, 1.807) is 0 Å². The lowest BCUT2D eigenvalue weighted by Gasteiger charge is -2.10. The number of Topliss-reactive ketones (excluding diaryl/α,β-unsaturated/α-hetero) is 2. The van der Waals surface area contributed by atoms with Crippen LogP contribution in [0.4, 0.5) is 52.7 Å². The molecule has 52 heavy (non-hydrogen) atoms. The van der Waals surface area contributed by atoms with E-state index in [0.717, 1.165) is 40.6 Å². The maximum Gasteiger partial charge on any atom is 0.518 e. The number of alkyl halides is 12. The summed E-state index contributed by atoms with van der Waals surface area (Å²) in [5, 5.41) is 0. The minimum absolute atomic E-state index is 0.546. The summed E-state index contributed by atoms with van der Waals surface area (Å²) in [6.45, 7) is 0. The highest BCUT2D eigenvalue weighted by Gasteiger charge is 2.50. The minimum atomic E-state index is -6.68. The fourth-order valence-electron chi connectivity index (χ4n) is 2.50. The summed E-state index contributed by atoms with van der Waals surface area (Å²) in [6.07, 6.45) is 2.27. The van der Waals surface area contributed by atoms with Gasteiger partial charge in [-0.25, -0.2) is 16.8 Å². The van der Waals surface area contributed by atoms with Crippen LogP contribution in [0.1, 0.15) is 16.2 Å². The number of sulfonamides is 2. The van der Waals surface area contributed by atoms with E-state index < -0.39 is 96.7 Å². The largest absolute Gasteiger partial charge is 0.741 e. The summed E-state index contributed by atoms with van der Waals surface area (Å²) in [5.41, 5.74) is -28.8. The van der Waals surface area contributed by atoms with E-state index in [1.807, 2.05) is 0 Å². The number of rotatable bonds is 7. The molecule has 0 bridgehead atoms. The second-order valence-electron chi connectivity index (χ2n) is 8.57. The van der Waals surface area contributed by atoms with Crippen molar-refractivity contribution in [3.05, 3.63) is 60.2 Å². The van der Waals surface area contributed by atoms with Crippen LogP contribution in [0, 0.1) is 0 Å². The third kappa shape index (κ3) is 13.1. The summed E-state index contributed by atoms with van der Waals surface area (Å²) < 4.78 is 250. The van der Waals surface area contributed by atoms with Gasteiger partial charge in [-0.1, -0.05) is 0 Å². The molecular formula is C20H14F12N4O12S4. The molecule has 32 heteroatoms. The molecule has 0 fully saturated rings. The van der Waals surface area contributed by atoms with Gasteiger partial charge in [0.2, 0.25) is 5.69 Å². The Morgan fingerprint density at radius 2 is 0.865 bits per heavy atom. The third-order valence-electron chi connectivity index (χ3n) is 4.81. The number of aryl methyl sites for hydroxylation is 2. The summed E-state index contributed by atoms with van der Waals surface area (Å²) in [4.78, 5) is 25.7. The van der Waals surface area contributed by atoms with Crippen LogP contribution in [0.3, 0.4) is 0 Å². The van der Waals surface area contributed by atoms with E-state index in [9.17, 15) is 79.1 Å². The van der Waals surface area contributed by atoms with E-state index in [2.05, 4.69) is 8.80 Å². The highest BCUT2D eigenvalue weighted by Crippen LogP contribution is 2.28. The Balaban J connectivity index is 0.00000134. The minimum Gasteiger partial charge on any atom is -0.741 e. The number of aromatic nitrogens is 2. The molecule has 0 amide bonds. The van der Waals surface area contributed by atoms with Gasteiger partial charge in [0.1, 0.15) is 14.1 Å². The lowest BCUT2D eigenvalue weighted by atomic mass is 10.0. The predicted molar refractivity (Wildman–Crippen MR) is 140 cm³/mol. The van der Waals surface area contributed by atoms with Gasteiger partial charge in [0.25, 0.3) is 17.3 Å². The molecule has 16 nitrogen and oxygen atoms in total. The maximum absolute atomic E-state index is 13.1. The predicted octanol–water partition coefficient (Wildman–Crippen LogP) is 0.820. The van der Waals surface area contributed by atoms with Crippen LogP contribution in [0.2, 0.25) is 0 Å². The third-order valence-corrected chi connectivity index (χ3v) is 7.96. The van der Waals surface area contributed by atoms with Crippen molar-refractivity contribution in [2.75, 3.05) is 0 Å². The first-order chi connectivity index (χ1) is 22.8. The second-order valence-corrected chi connectivity index (χ2v) is 14.5. The Morgan fingerprint density at radius 3 is 1.15 bits per heavy atom. The Hall–Kier alpha value is -4.14. The van der Waals surface area contributed by atoms with Crippen LogP contribution in [0.15, 0.2) is 57.6 Å². The number of carbonyl (C=O) groups excluding carboxylic acids is 2. The van der Waals surface area contributed by atoms with Crippen molar-refractivity contribution >= 4 is 63.3 Å². The van der Waals surface area contributed by atoms with Crippen LogP contribution >= 0.6 is 0 Å². The van der Waals surface area contributed by atoms with E-state index >= 15 is 0 Å². The molecule has 2 aromatic heterocycles. The maximum atomic E-state index is 13.1. The van der Waals surface area contributed by atoms with Gasteiger partial charge in [-0.15, -0.1) is 8.80 Å². The molecule has 0 aromatic carbocycles. The van der Waals surface area contributed by atoms with Gasteiger partial charge in [-0.2, -0.15) is 78.7 Å². The number of hydrogen-bond donors (Lipinski definition) is 0. The molecule has 294 valence electrons. The van der Waals surface area contributed by atoms with Crippen molar-refractivity contribution in [2.24, 2.45) is 22.9 Å².